The number of nitrogens with zero attached hydrogens (tertiary/aromatic N) is 3. The van der Waals surface area contributed by atoms with Crippen molar-refractivity contribution < 1.29 is 9.84 Å². The predicted octanol–water partition coefficient (Wildman–Crippen LogP) is 2.60. The number of hydrogen-bond donors (Lipinski definition) is 2. The molecule has 2 aromatic rings. The number of aromatic nitrogens is 1. The first-order valence-electron chi connectivity index (χ1n) is 7.23. The molecule has 21 heavy (non-hydrogen) atoms. The van der Waals surface area contributed by atoms with Crippen molar-refractivity contribution in [2.45, 2.75) is 6.92 Å². The largest absolute Gasteiger partial charge is 0.493 e. The number of para-hydroxylation sites is 1. The molecule has 6 heteroatoms. The van der Waals surface area contributed by atoms with Gasteiger partial charge < -0.3 is 14.8 Å². The Morgan fingerprint density at radius 3 is 2.95 bits per heavy atom. The summed E-state index contributed by atoms with van der Waals surface area (Å²) in [4.78, 5) is 5.27. The topological polar surface area (TPSA) is 73.2 Å². The van der Waals surface area contributed by atoms with Crippen LogP contribution in [0.15, 0.2) is 28.4 Å². The van der Waals surface area contributed by atoms with Crippen molar-refractivity contribution in [2.24, 2.45) is 10.2 Å². The number of benzene rings is 1. The number of ether oxygens (including phenoxy) is 1. The lowest BCUT2D eigenvalue weighted by molar-refractivity contribution is 0.0393. The Morgan fingerprint density at radius 2 is 2.14 bits per heavy atom. The third-order valence-corrected chi connectivity index (χ3v) is 3.79. The lowest BCUT2D eigenvalue weighted by Crippen LogP contribution is -2.37. The van der Waals surface area contributed by atoms with Gasteiger partial charge in [-0.15, -0.1) is 5.11 Å². The van der Waals surface area contributed by atoms with E-state index < -0.39 is 0 Å². The van der Waals surface area contributed by atoms with E-state index in [0.717, 1.165) is 49.3 Å². The van der Waals surface area contributed by atoms with Crippen LogP contribution >= 0.6 is 0 Å². The van der Waals surface area contributed by atoms with Crippen LogP contribution in [0, 0.1) is 6.92 Å². The van der Waals surface area contributed by atoms with Gasteiger partial charge in [-0.05, 0) is 12.5 Å². The van der Waals surface area contributed by atoms with E-state index in [1.165, 1.54) is 0 Å². The molecule has 112 valence electrons. The van der Waals surface area contributed by atoms with Crippen molar-refractivity contribution in [1.82, 2.24) is 9.88 Å². The van der Waals surface area contributed by atoms with Crippen molar-refractivity contribution in [3.05, 3.63) is 23.8 Å². The van der Waals surface area contributed by atoms with E-state index in [9.17, 15) is 5.11 Å². The number of H-pyrrole nitrogens is 1. The van der Waals surface area contributed by atoms with Crippen LogP contribution in [-0.2, 0) is 4.74 Å². The second kappa shape index (κ2) is 6.24. The fraction of sp³-hybridized carbons (Fsp3) is 0.467. The summed E-state index contributed by atoms with van der Waals surface area (Å²) in [6.07, 6.45) is 0. The Morgan fingerprint density at radius 1 is 1.33 bits per heavy atom. The standard InChI is InChI=1S/C15H20N4O2/c1-11-3-2-4-12-13(11)17-15(20)14(12)18-16-5-6-19-7-9-21-10-8-19/h2-4,17,20H,5-10H2,1H3. The summed E-state index contributed by atoms with van der Waals surface area (Å²) in [5, 5.41) is 19.3. The molecule has 1 aliphatic heterocycles. The highest BCUT2D eigenvalue weighted by molar-refractivity contribution is 5.95. The molecular formula is C15H20N4O2. The first kappa shape index (κ1) is 14.0. The SMILES string of the molecule is Cc1cccc2c(N=NCCN3CCOCC3)c(O)[nH]c12. The van der Waals surface area contributed by atoms with Crippen LogP contribution in [0.4, 0.5) is 5.69 Å². The number of azo groups is 1. The van der Waals surface area contributed by atoms with Gasteiger partial charge in [0.05, 0.1) is 25.3 Å². The zero-order valence-electron chi connectivity index (χ0n) is 12.2. The van der Waals surface area contributed by atoms with Crippen molar-refractivity contribution in [2.75, 3.05) is 39.4 Å². The number of aromatic hydroxyl groups is 1. The predicted molar refractivity (Wildman–Crippen MR) is 81.3 cm³/mol. The lowest BCUT2D eigenvalue weighted by atomic mass is 10.1. The second-order valence-corrected chi connectivity index (χ2v) is 5.24. The molecule has 2 N–H and O–H groups in total. The first-order chi connectivity index (χ1) is 10.3. The molecule has 0 atom stereocenters. The highest BCUT2D eigenvalue weighted by Gasteiger charge is 2.12. The van der Waals surface area contributed by atoms with Crippen LogP contribution < -0.4 is 0 Å². The maximum atomic E-state index is 9.97. The number of hydrogen-bond acceptors (Lipinski definition) is 5. The summed E-state index contributed by atoms with van der Waals surface area (Å²) in [7, 11) is 0. The summed E-state index contributed by atoms with van der Waals surface area (Å²) < 4.78 is 5.31. The minimum absolute atomic E-state index is 0.0782. The van der Waals surface area contributed by atoms with E-state index in [0.29, 0.717) is 12.2 Å². The summed E-state index contributed by atoms with van der Waals surface area (Å²) in [6, 6.07) is 5.89. The Bertz CT molecular complexity index is 644. The van der Waals surface area contributed by atoms with Crippen molar-refractivity contribution in [3.8, 4) is 5.88 Å². The van der Waals surface area contributed by atoms with E-state index in [1.54, 1.807) is 0 Å². The molecule has 0 spiro atoms. The first-order valence-corrected chi connectivity index (χ1v) is 7.23. The summed E-state index contributed by atoms with van der Waals surface area (Å²) in [6.45, 7) is 6.98. The maximum Gasteiger partial charge on any atom is 0.218 e. The molecular weight excluding hydrogens is 268 g/mol. The van der Waals surface area contributed by atoms with E-state index in [4.69, 9.17) is 4.74 Å². The second-order valence-electron chi connectivity index (χ2n) is 5.24. The van der Waals surface area contributed by atoms with Gasteiger partial charge in [0.15, 0.2) is 5.69 Å². The van der Waals surface area contributed by atoms with E-state index in [2.05, 4.69) is 20.1 Å². The monoisotopic (exact) mass is 288 g/mol. The molecule has 0 radical (unpaired) electrons. The quantitative estimate of drug-likeness (QED) is 0.849. The van der Waals surface area contributed by atoms with E-state index >= 15 is 0 Å². The van der Waals surface area contributed by atoms with Gasteiger partial charge in [-0.2, -0.15) is 5.11 Å². The molecule has 0 amide bonds. The van der Waals surface area contributed by atoms with Crippen molar-refractivity contribution in [3.63, 3.8) is 0 Å². The van der Waals surface area contributed by atoms with Crippen LogP contribution in [0.3, 0.4) is 0 Å². The maximum absolute atomic E-state index is 9.97. The summed E-state index contributed by atoms with van der Waals surface area (Å²) in [5.41, 5.74) is 2.52. The van der Waals surface area contributed by atoms with Gasteiger partial charge in [0, 0.05) is 25.0 Å². The van der Waals surface area contributed by atoms with Crippen molar-refractivity contribution in [1.29, 1.82) is 0 Å². The normalized spacial score (nSPS) is 17.0. The number of fused-ring (bicyclic) bond motifs is 1. The number of nitrogens with one attached hydrogen (secondary N) is 1. The zero-order valence-corrected chi connectivity index (χ0v) is 12.2. The average molecular weight is 288 g/mol. The van der Waals surface area contributed by atoms with Crippen LogP contribution in [0.5, 0.6) is 5.88 Å². The van der Waals surface area contributed by atoms with Gasteiger partial charge in [0.1, 0.15) is 0 Å². The Hall–Kier alpha value is -1.92. The van der Waals surface area contributed by atoms with E-state index in [1.807, 2.05) is 25.1 Å². The Kier molecular flexibility index (Phi) is 4.17. The van der Waals surface area contributed by atoms with Gasteiger partial charge in [0.25, 0.3) is 0 Å². The minimum atomic E-state index is 0.0782. The summed E-state index contributed by atoms with van der Waals surface area (Å²) in [5.74, 6) is 0.0782. The molecule has 0 unspecified atom stereocenters. The van der Waals surface area contributed by atoms with Gasteiger partial charge in [0.2, 0.25) is 5.88 Å². The van der Waals surface area contributed by atoms with E-state index in [-0.39, 0.29) is 5.88 Å². The number of rotatable bonds is 4. The molecule has 1 saturated heterocycles. The highest BCUT2D eigenvalue weighted by Crippen LogP contribution is 2.36. The average Bonchev–Trinajstić information content (AvgIpc) is 2.82. The lowest BCUT2D eigenvalue weighted by Gasteiger charge is -2.25. The van der Waals surface area contributed by atoms with Crippen LogP contribution in [0.1, 0.15) is 5.56 Å². The molecule has 1 fully saturated rings. The molecule has 3 rings (SSSR count). The molecule has 0 saturated carbocycles. The highest BCUT2D eigenvalue weighted by atomic mass is 16.5. The number of aryl methyl sites for hydroxylation is 1. The number of aromatic amines is 1. The molecule has 0 aliphatic carbocycles. The van der Waals surface area contributed by atoms with Gasteiger partial charge in [-0.1, -0.05) is 18.2 Å². The van der Waals surface area contributed by atoms with Gasteiger partial charge in [-0.3, -0.25) is 4.90 Å². The minimum Gasteiger partial charge on any atom is -0.493 e. The Balaban J connectivity index is 1.68. The molecule has 6 nitrogen and oxygen atoms in total. The van der Waals surface area contributed by atoms with Gasteiger partial charge >= 0.3 is 0 Å². The molecule has 1 aliphatic rings. The van der Waals surface area contributed by atoms with Crippen LogP contribution in [0.25, 0.3) is 10.9 Å². The van der Waals surface area contributed by atoms with Gasteiger partial charge in [-0.25, -0.2) is 0 Å². The van der Waals surface area contributed by atoms with Crippen molar-refractivity contribution >= 4 is 16.6 Å². The molecule has 1 aromatic carbocycles. The van der Waals surface area contributed by atoms with Crippen LogP contribution in [-0.4, -0.2) is 54.4 Å². The van der Waals surface area contributed by atoms with Crippen LogP contribution in [0.2, 0.25) is 0 Å². The fourth-order valence-electron chi connectivity index (χ4n) is 2.57. The third kappa shape index (κ3) is 3.06. The molecule has 1 aromatic heterocycles. The smallest absolute Gasteiger partial charge is 0.218 e. The third-order valence-electron chi connectivity index (χ3n) is 3.79. The summed E-state index contributed by atoms with van der Waals surface area (Å²) >= 11 is 0. The molecule has 2 heterocycles. The zero-order chi connectivity index (χ0) is 14.7. The molecule has 0 bridgehead atoms. The number of morpholine rings is 1. The fourth-order valence-corrected chi connectivity index (χ4v) is 2.57. The Labute approximate surface area is 123 Å².